The lowest BCUT2D eigenvalue weighted by Gasteiger charge is -2.25. The monoisotopic (exact) mass is 456 g/mol. The quantitative estimate of drug-likeness (QED) is 0.341. The number of carbonyl (C=O) groups is 1. The first kappa shape index (κ1) is 23.7. The lowest BCUT2D eigenvalue weighted by molar-refractivity contribution is -0.114. The minimum Gasteiger partial charge on any atom is -0.351 e. The summed E-state index contributed by atoms with van der Waals surface area (Å²) in [7, 11) is 0. The normalized spacial score (nSPS) is 15.5. The van der Waals surface area contributed by atoms with Gasteiger partial charge in [0.2, 0.25) is 0 Å². The molecule has 0 aliphatic carbocycles. The summed E-state index contributed by atoms with van der Waals surface area (Å²) in [6, 6.07) is 22.6. The molecule has 0 fully saturated rings. The number of unbranched alkanes of at least 4 members (excludes halogenated alkanes) is 2. The van der Waals surface area contributed by atoms with Crippen molar-refractivity contribution in [2.45, 2.75) is 58.4 Å². The Balaban J connectivity index is 1.59. The Hall–Kier alpha value is -3.40. The van der Waals surface area contributed by atoms with Crippen molar-refractivity contribution in [1.29, 1.82) is 0 Å². The van der Waals surface area contributed by atoms with Gasteiger partial charge in [0.05, 0.1) is 6.04 Å². The van der Waals surface area contributed by atoms with Crippen molar-refractivity contribution in [3.8, 4) is 0 Å². The molecular formula is C30H33FN2O. The number of carbonyl (C=O) groups excluding carboxylic acids is 1. The molecule has 1 aliphatic heterocycles. The van der Waals surface area contributed by atoms with Gasteiger partial charge in [-0.15, -0.1) is 0 Å². The topological polar surface area (TPSA) is 32.3 Å². The van der Waals surface area contributed by atoms with Crippen molar-refractivity contribution < 1.29 is 9.18 Å². The minimum absolute atomic E-state index is 0.0920. The molecule has 1 N–H and O–H groups in total. The van der Waals surface area contributed by atoms with Crippen LogP contribution in [0.3, 0.4) is 0 Å². The highest BCUT2D eigenvalue weighted by Crippen LogP contribution is 2.36. The van der Waals surface area contributed by atoms with E-state index in [0.717, 1.165) is 42.6 Å². The van der Waals surface area contributed by atoms with E-state index in [1.54, 1.807) is 17.0 Å². The fourth-order valence-corrected chi connectivity index (χ4v) is 4.33. The van der Waals surface area contributed by atoms with Gasteiger partial charge in [0.15, 0.2) is 0 Å². The molecule has 1 aliphatic rings. The van der Waals surface area contributed by atoms with Crippen molar-refractivity contribution in [3.63, 3.8) is 0 Å². The first-order valence-electron chi connectivity index (χ1n) is 12.3. The predicted molar refractivity (Wildman–Crippen MR) is 138 cm³/mol. The summed E-state index contributed by atoms with van der Waals surface area (Å²) in [5.41, 5.74) is 5.69. The molecule has 3 nitrogen and oxygen atoms in total. The largest absolute Gasteiger partial charge is 0.351 e. The molecule has 34 heavy (non-hydrogen) atoms. The Bertz CT molecular complexity index is 1120. The number of amides is 1. The van der Waals surface area contributed by atoms with E-state index in [1.165, 1.54) is 36.1 Å². The van der Waals surface area contributed by atoms with Crippen LogP contribution in [0.25, 0.3) is 0 Å². The molecule has 3 aromatic rings. The highest BCUT2D eigenvalue weighted by atomic mass is 19.1. The molecular weight excluding hydrogens is 423 g/mol. The van der Waals surface area contributed by atoms with Gasteiger partial charge >= 0.3 is 0 Å². The molecule has 0 aromatic heterocycles. The van der Waals surface area contributed by atoms with Crippen molar-refractivity contribution in [2.75, 3.05) is 10.2 Å². The van der Waals surface area contributed by atoms with Crippen molar-refractivity contribution in [3.05, 3.63) is 107 Å². The molecule has 4 heteroatoms. The van der Waals surface area contributed by atoms with Crippen LogP contribution in [-0.4, -0.2) is 5.91 Å². The first-order chi connectivity index (χ1) is 16.6. The average Bonchev–Trinajstić information content (AvgIpc) is 3.18. The van der Waals surface area contributed by atoms with Crippen LogP contribution in [-0.2, 0) is 17.6 Å². The van der Waals surface area contributed by atoms with Gasteiger partial charge in [0.1, 0.15) is 11.5 Å². The predicted octanol–water partition coefficient (Wildman–Crippen LogP) is 7.59. The second-order valence-corrected chi connectivity index (χ2v) is 8.95. The van der Waals surface area contributed by atoms with Crippen LogP contribution in [0.4, 0.5) is 15.8 Å². The minimum atomic E-state index is -0.305. The maximum absolute atomic E-state index is 13.6. The van der Waals surface area contributed by atoms with Crippen LogP contribution in [0.1, 0.15) is 62.3 Å². The van der Waals surface area contributed by atoms with Crippen molar-refractivity contribution in [2.24, 2.45) is 0 Å². The van der Waals surface area contributed by atoms with E-state index in [4.69, 9.17) is 0 Å². The van der Waals surface area contributed by atoms with Crippen LogP contribution in [0.15, 0.2) is 84.6 Å². The molecule has 0 unspecified atom stereocenters. The van der Waals surface area contributed by atoms with Gasteiger partial charge in [-0.3, -0.25) is 9.69 Å². The number of rotatable bonds is 10. The number of benzene rings is 3. The molecule has 1 amide bonds. The van der Waals surface area contributed by atoms with E-state index in [1.807, 2.05) is 30.3 Å². The Labute approximate surface area is 202 Å². The summed E-state index contributed by atoms with van der Waals surface area (Å²) in [4.78, 5) is 15.3. The van der Waals surface area contributed by atoms with Crippen LogP contribution in [0.5, 0.6) is 0 Å². The van der Waals surface area contributed by atoms with E-state index in [-0.39, 0.29) is 17.8 Å². The number of halogens is 1. The Morgan fingerprint density at radius 1 is 0.794 bits per heavy atom. The molecule has 3 aromatic carbocycles. The number of anilines is 2. The second kappa shape index (κ2) is 11.1. The van der Waals surface area contributed by atoms with Crippen molar-refractivity contribution >= 4 is 17.3 Å². The molecule has 1 heterocycles. The summed E-state index contributed by atoms with van der Waals surface area (Å²) < 4.78 is 13.6. The van der Waals surface area contributed by atoms with Crippen LogP contribution < -0.4 is 10.2 Å². The van der Waals surface area contributed by atoms with E-state index in [0.29, 0.717) is 5.70 Å². The molecule has 0 radical (unpaired) electrons. The Morgan fingerprint density at radius 3 is 1.91 bits per heavy atom. The zero-order valence-electron chi connectivity index (χ0n) is 20.1. The third kappa shape index (κ3) is 5.56. The average molecular weight is 457 g/mol. The number of nitrogens with one attached hydrogen (secondary N) is 1. The summed E-state index contributed by atoms with van der Waals surface area (Å²) in [6.07, 6.45) is 8.66. The van der Waals surface area contributed by atoms with Gasteiger partial charge in [-0.25, -0.2) is 4.39 Å². The first-order valence-corrected chi connectivity index (χ1v) is 12.3. The fourth-order valence-electron chi connectivity index (χ4n) is 4.33. The van der Waals surface area contributed by atoms with Crippen molar-refractivity contribution in [1.82, 2.24) is 0 Å². The highest BCUT2D eigenvalue weighted by Gasteiger charge is 2.34. The zero-order chi connectivity index (χ0) is 23.9. The smallest absolute Gasteiger partial charge is 0.275 e. The number of aryl methyl sites for hydroxylation is 2. The third-order valence-electron chi connectivity index (χ3n) is 6.35. The van der Waals surface area contributed by atoms with E-state index < -0.39 is 0 Å². The van der Waals surface area contributed by atoms with Gasteiger partial charge in [0.25, 0.3) is 5.91 Å². The summed E-state index contributed by atoms with van der Waals surface area (Å²) in [6.45, 7) is 4.37. The van der Waals surface area contributed by atoms with Gasteiger partial charge in [0, 0.05) is 11.4 Å². The molecule has 0 saturated heterocycles. The third-order valence-corrected chi connectivity index (χ3v) is 6.35. The van der Waals surface area contributed by atoms with E-state index >= 15 is 0 Å². The SMILES string of the molecule is CCCCc1ccc(NC2=C[C@@H](c3ccc(F)cc3)N(c3ccc(CCCC)cc3)C2=O)cc1. The number of nitrogens with zero attached hydrogens (tertiary/aromatic N) is 1. The molecule has 0 spiro atoms. The summed E-state index contributed by atoms with van der Waals surface area (Å²) in [5, 5.41) is 3.32. The molecule has 0 bridgehead atoms. The van der Waals surface area contributed by atoms with Crippen LogP contribution in [0.2, 0.25) is 0 Å². The van der Waals surface area contributed by atoms with Gasteiger partial charge in [-0.1, -0.05) is 63.1 Å². The maximum Gasteiger partial charge on any atom is 0.275 e. The highest BCUT2D eigenvalue weighted by molar-refractivity contribution is 6.11. The van der Waals surface area contributed by atoms with Gasteiger partial charge in [-0.2, -0.15) is 0 Å². The van der Waals surface area contributed by atoms with Gasteiger partial charge in [-0.05, 0) is 84.8 Å². The lowest BCUT2D eigenvalue weighted by Crippen LogP contribution is -2.30. The summed E-state index contributed by atoms with van der Waals surface area (Å²) >= 11 is 0. The molecule has 1 atom stereocenters. The number of hydrogen-bond acceptors (Lipinski definition) is 2. The lowest BCUT2D eigenvalue weighted by atomic mass is 10.0. The van der Waals surface area contributed by atoms with Gasteiger partial charge < -0.3 is 5.32 Å². The fraction of sp³-hybridized carbons (Fsp3) is 0.300. The molecule has 0 saturated carbocycles. The van der Waals surface area contributed by atoms with E-state index in [9.17, 15) is 9.18 Å². The van der Waals surface area contributed by atoms with Crippen LogP contribution >= 0.6 is 0 Å². The van der Waals surface area contributed by atoms with E-state index in [2.05, 4.69) is 43.4 Å². The zero-order valence-corrected chi connectivity index (χ0v) is 20.1. The Morgan fingerprint density at radius 2 is 1.35 bits per heavy atom. The Kier molecular flexibility index (Phi) is 7.79. The number of hydrogen-bond donors (Lipinski definition) is 1. The standard InChI is InChI=1S/C30H33FN2O/c1-3-5-7-22-9-17-26(18-10-22)32-28-21-29(24-13-15-25(31)16-14-24)33(30(28)34)27-19-11-23(12-20-27)8-6-4-2/h9-21,29,32H,3-8H2,1-2H3/t29-/m0/s1. The molecule has 176 valence electrons. The summed E-state index contributed by atoms with van der Waals surface area (Å²) in [5.74, 6) is -0.379. The molecule has 4 rings (SSSR count). The second-order valence-electron chi connectivity index (χ2n) is 8.95. The van der Waals surface area contributed by atoms with Crippen LogP contribution in [0, 0.1) is 5.82 Å². The maximum atomic E-state index is 13.6.